The molecular formula is C31H30N6O10S. The summed E-state index contributed by atoms with van der Waals surface area (Å²) in [5, 5.41) is 8.82. The highest BCUT2D eigenvalue weighted by Crippen LogP contribution is 2.34. The maximum atomic E-state index is 13.0. The minimum absolute atomic E-state index is 0.0177. The van der Waals surface area contributed by atoms with Gasteiger partial charge < -0.3 is 20.1 Å². The van der Waals surface area contributed by atoms with Gasteiger partial charge in [-0.05, 0) is 50.2 Å². The van der Waals surface area contributed by atoms with Gasteiger partial charge in [0.25, 0.3) is 11.8 Å². The Morgan fingerprint density at radius 1 is 1.04 bits per heavy atom. The summed E-state index contributed by atoms with van der Waals surface area (Å²) in [5.41, 5.74) is 2.29. The lowest BCUT2D eigenvalue weighted by molar-refractivity contribution is -0.145. The molecule has 250 valence electrons. The highest BCUT2D eigenvalue weighted by Gasteiger charge is 2.30. The van der Waals surface area contributed by atoms with Gasteiger partial charge in [0.15, 0.2) is 12.4 Å². The number of benzene rings is 3. The molecule has 17 heteroatoms. The van der Waals surface area contributed by atoms with E-state index in [0.717, 1.165) is 5.56 Å². The van der Waals surface area contributed by atoms with Gasteiger partial charge in [0, 0.05) is 29.4 Å². The fourth-order valence-electron chi connectivity index (χ4n) is 4.60. The van der Waals surface area contributed by atoms with E-state index in [1.807, 2.05) is 0 Å². The number of ether oxygens (including phenoxy) is 2. The SMILES string of the molecule is CCOC(=O)[C@H](CNC(=O)CN1C(=O)COc2cc(NC(=O)c3ccc(-c4noc(=O)[nH]4)cc3)ccc21)NS(=O)(=O)c1ccc(C)cc1. The molecule has 4 N–H and O–H groups in total. The molecular weight excluding hydrogens is 648 g/mol. The van der Waals surface area contributed by atoms with Crippen LogP contribution in [-0.2, 0) is 29.1 Å². The van der Waals surface area contributed by atoms with E-state index in [0.29, 0.717) is 16.8 Å². The van der Waals surface area contributed by atoms with E-state index in [9.17, 15) is 32.4 Å². The lowest BCUT2D eigenvalue weighted by Gasteiger charge is -2.29. The van der Waals surface area contributed by atoms with E-state index in [4.69, 9.17) is 9.47 Å². The van der Waals surface area contributed by atoms with E-state index in [1.165, 1.54) is 47.4 Å². The van der Waals surface area contributed by atoms with E-state index in [-0.39, 0.29) is 35.4 Å². The number of aromatic amines is 1. The van der Waals surface area contributed by atoms with Crippen LogP contribution in [0.15, 0.2) is 80.9 Å². The molecule has 5 rings (SSSR count). The molecule has 3 amide bonds. The van der Waals surface area contributed by atoms with Gasteiger partial charge in [-0.3, -0.25) is 33.6 Å². The van der Waals surface area contributed by atoms with Gasteiger partial charge in [-0.1, -0.05) is 35.0 Å². The first-order valence-electron chi connectivity index (χ1n) is 14.5. The third-order valence-corrected chi connectivity index (χ3v) is 8.51. The van der Waals surface area contributed by atoms with Crippen LogP contribution in [0.1, 0.15) is 22.8 Å². The zero-order valence-electron chi connectivity index (χ0n) is 25.6. The number of sulfonamides is 1. The molecule has 0 fully saturated rings. The summed E-state index contributed by atoms with van der Waals surface area (Å²) >= 11 is 0. The van der Waals surface area contributed by atoms with Crippen molar-refractivity contribution in [2.75, 3.05) is 36.5 Å². The Hall–Kier alpha value is -5.81. The number of carbonyl (C=O) groups excluding carboxylic acids is 4. The quantitative estimate of drug-likeness (QED) is 0.157. The van der Waals surface area contributed by atoms with Crippen LogP contribution >= 0.6 is 0 Å². The van der Waals surface area contributed by atoms with Crippen LogP contribution in [0, 0.1) is 6.92 Å². The number of aryl methyl sites for hydroxylation is 1. The number of nitrogens with one attached hydrogen (secondary N) is 4. The summed E-state index contributed by atoms with van der Waals surface area (Å²) in [7, 11) is -4.14. The van der Waals surface area contributed by atoms with Gasteiger partial charge >= 0.3 is 11.7 Å². The predicted octanol–water partition coefficient (Wildman–Crippen LogP) is 1.34. The number of anilines is 2. The Kier molecular flexibility index (Phi) is 10.0. The monoisotopic (exact) mass is 678 g/mol. The van der Waals surface area contributed by atoms with Gasteiger partial charge in [0.05, 0.1) is 17.2 Å². The van der Waals surface area contributed by atoms with Crippen molar-refractivity contribution >= 4 is 45.1 Å². The molecule has 0 aliphatic carbocycles. The second-order valence-electron chi connectivity index (χ2n) is 10.5. The van der Waals surface area contributed by atoms with E-state index in [2.05, 4.69) is 30.0 Å². The van der Waals surface area contributed by atoms with Crippen molar-refractivity contribution in [3.8, 4) is 17.1 Å². The number of esters is 1. The average molecular weight is 679 g/mol. The molecule has 0 bridgehead atoms. The molecule has 0 saturated heterocycles. The molecule has 1 atom stereocenters. The fourth-order valence-corrected chi connectivity index (χ4v) is 5.78. The number of hydrogen-bond donors (Lipinski definition) is 4. The normalized spacial score (nSPS) is 13.2. The Morgan fingerprint density at radius 2 is 1.77 bits per heavy atom. The average Bonchev–Trinajstić information content (AvgIpc) is 3.50. The van der Waals surface area contributed by atoms with Crippen LogP contribution in [0.2, 0.25) is 0 Å². The van der Waals surface area contributed by atoms with Crippen molar-refractivity contribution in [3.05, 3.63) is 88.4 Å². The maximum absolute atomic E-state index is 13.0. The third-order valence-electron chi connectivity index (χ3n) is 7.03. The van der Waals surface area contributed by atoms with E-state index in [1.54, 1.807) is 38.1 Å². The van der Waals surface area contributed by atoms with Gasteiger partial charge in [-0.2, -0.15) is 4.72 Å². The van der Waals surface area contributed by atoms with Crippen LogP contribution in [0.3, 0.4) is 0 Å². The first-order valence-corrected chi connectivity index (χ1v) is 16.0. The highest BCUT2D eigenvalue weighted by molar-refractivity contribution is 7.89. The summed E-state index contributed by atoms with van der Waals surface area (Å²) < 4.78 is 43.1. The smallest absolute Gasteiger partial charge is 0.439 e. The molecule has 3 aromatic carbocycles. The van der Waals surface area contributed by atoms with Gasteiger partial charge in [-0.15, -0.1) is 0 Å². The Balaban J connectivity index is 1.22. The standard InChI is InChI=1S/C31H30N6O10S/c1-3-45-30(41)23(36-48(43,44)22-11-4-18(2)5-12-22)15-32-26(38)16-37-24-13-10-21(14-25(24)46-17-27(37)39)33-29(40)20-8-6-19(7-9-20)28-34-31(42)47-35-28/h4-14,23,36H,3,15-17H2,1-2H3,(H,32,38)(H,33,40)(H,34,35,42)/t23-/m0/s1. The minimum Gasteiger partial charge on any atom is -0.481 e. The van der Waals surface area contributed by atoms with Crippen LogP contribution in [-0.4, -0.2) is 74.6 Å². The van der Waals surface area contributed by atoms with Crippen molar-refractivity contribution in [1.29, 1.82) is 0 Å². The highest BCUT2D eigenvalue weighted by atomic mass is 32.2. The molecule has 16 nitrogen and oxygen atoms in total. The largest absolute Gasteiger partial charge is 0.481 e. The van der Waals surface area contributed by atoms with Crippen LogP contribution in [0.4, 0.5) is 11.4 Å². The Bertz CT molecular complexity index is 2010. The first-order chi connectivity index (χ1) is 22.9. The lowest BCUT2D eigenvalue weighted by Crippen LogP contribution is -2.51. The van der Waals surface area contributed by atoms with E-state index >= 15 is 0 Å². The molecule has 0 spiro atoms. The minimum atomic E-state index is -4.14. The van der Waals surface area contributed by atoms with Crippen molar-refractivity contribution < 1.29 is 41.6 Å². The molecule has 0 unspecified atom stereocenters. The number of hydrogen-bond acceptors (Lipinski definition) is 11. The van der Waals surface area contributed by atoms with Crippen molar-refractivity contribution in [2.45, 2.75) is 24.8 Å². The summed E-state index contributed by atoms with van der Waals surface area (Å²) in [6.45, 7) is 2.04. The first kappa shape index (κ1) is 33.6. The molecule has 1 aliphatic rings. The number of H-pyrrole nitrogens is 1. The zero-order chi connectivity index (χ0) is 34.4. The van der Waals surface area contributed by atoms with Crippen molar-refractivity contribution in [1.82, 2.24) is 20.2 Å². The van der Waals surface area contributed by atoms with Crippen LogP contribution in [0.5, 0.6) is 5.75 Å². The summed E-state index contributed by atoms with van der Waals surface area (Å²) in [4.78, 5) is 65.8. The van der Waals surface area contributed by atoms with Gasteiger partial charge in [-0.25, -0.2) is 13.2 Å². The van der Waals surface area contributed by atoms with Crippen molar-refractivity contribution in [3.63, 3.8) is 0 Å². The zero-order valence-corrected chi connectivity index (χ0v) is 26.5. The number of carbonyl (C=O) groups is 4. The molecule has 1 aromatic heterocycles. The molecule has 2 heterocycles. The van der Waals surface area contributed by atoms with Gasteiger partial charge in [0.1, 0.15) is 18.3 Å². The number of aromatic nitrogens is 2. The molecule has 4 aromatic rings. The predicted molar refractivity (Wildman–Crippen MR) is 170 cm³/mol. The van der Waals surface area contributed by atoms with Gasteiger partial charge in [0.2, 0.25) is 15.9 Å². The molecule has 1 aliphatic heterocycles. The third kappa shape index (κ3) is 7.94. The topological polar surface area (TPSA) is 219 Å². The number of rotatable bonds is 12. The molecule has 48 heavy (non-hydrogen) atoms. The lowest BCUT2D eigenvalue weighted by atomic mass is 10.1. The molecule has 0 radical (unpaired) electrons. The fraction of sp³-hybridized carbons (Fsp3) is 0.226. The van der Waals surface area contributed by atoms with Crippen LogP contribution < -0.4 is 30.7 Å². The second-order valence-corrected chi connectivity index (χ2v) is 12.2. The maximum Gasteiger partial charge on any atom is 0.439 e. The number of amides is 3. The van der Waals surface area contributed by atoms with Crippen molar-refractivity contribution in [2.24, 2.45) is 0 Å². The Morgan fingerprint density at radius 3 is 2.44 bits per heavy atom. The second kappa shape index (κ2) is 14.3. The van der Waals surface area contributed by atoms with Crippen LogP contribution in [0.25, 0.3) is 11.4 Å². The summed E-state index contributed by atoms with van der Waals surface area (Å²) in [6, 6.07) is 15.3. The van der Waals surface area contributed by atoms with E-state index < -0.39 is 58.6 Å². The number of nitrogens with zero attached hydrogens (tertiary/aromatic N) is 2. The molecule has 0 saturated carbocycles. The number of fused-ring (bicyclic) bond motifs is 1. The summed E-state index contributed by atoms with van der Waals surface area (Å²) in [5.74, 6) is -2.82. The Labute approximate surface area is 273 Å². The summed E-state index contributed by atoms with van der Waals surface area (Å²) in [6.07, 6.45) is 0.